The number of hydrogen-bond donors (Lipinski definition) is 11. The van der Waals surface area contributed by atoms with Gasteiger partial charge < -0.3 is 62.8 Å². The maximum absolute atomic E-state index is 14.4. The fourth-order valence-electron chi connectivity index (χ4n) is 9.87. The zero-order chi connectivity index (χ0) is 59.8. The van der Waals surface area contributed by atoms with Gasteiger partial charge in [-0.1, -0.05) is 80.6 Å². The van der Waals surface area contributed by atoms with Crippen LogP contribution >= 0.6 is 0 Å². The minimum absolute atomic E-state index is 0.0395. The van der Waals surface area contributed by atoms with Crippen molar-refractivity contribution in [3.8, 4) is 0 Å². The Morgan fingerprint density at radius 2 is 1.25 bits per heavy atom. The lowest BCUT2D eigenvalue weighted by atomic mass is 10.0. The van der Waals surface area contributed by atoms with Gasteiger partial charge >= 0.3 is 6.18 Å². The molecule has 7 rings (SSSR count). The number of fused-ring (bicyclic) bond motifs is 1. The van der Waals surface area contributed by atoms with E-state index in [0.29, 0.717) is 42.8 Å². The number of para-hydroxylation sites is 1. The van der Waals surface area contributed by atoms with Crippen LogP contribution in [0.2, 0.25) is 0 Å². The van der Waals surface area contributed by atoms with Gasteiger partial charge in [-0.05, 0) is 74.3 Å². The van der Waals surface area contributed by atoms with E-state index in [1.165, 1.54) is 51.0 Å². The van der Waals surface area contributed by atoms with Crippen molar-refractivity contribution in [3.05, 3.63) is 144 Å². The van der Waals surface area contributed by atoms with E-state index in [-0.39, 0.29) is 56.2 Å². The van der Waals surface area contributed by atoms with Crippen LogP contribution in [0.3, 0.4) is 0 Å². The van der Waals surface area contributed by atoms with E-state index in [9.17, 15) is 51.5 Å². The highest BCUT2D eigenvalue weighted by Gasteiger charge is 2.37. The molecule has 1 aliphatic rings. The summed E-state index contributed by atoms with van der Waals surface area (Å²) >= 11 is 0. The number of carbonyl (C=O) groups is 8. The molecule has 3 aromatic carbocycles. The van der Waals surface area contributed by atoms with E-state index in [1.807, 2.05) is 48.5 Å². The third kappa shape index (κ3) is 17.6. The molecule has 83 heavy (non-hydrogen) atoms. The number of nitrogens with zero attached hydrogens (tertiary/aromatic N) is 3. The fraction of sp³-hybridized carbons (Fsp3) is 0.414. The maximum Gasteiger partial charge on any atom is 0.416 e. The molecule has 3 aromatic heterocycles. The molecule has 1 saturated heterocycles. The average Bonchev–Trinajstić information content (AvgIpc) is 4.51. The predicted octanol–water partition coefficient (Wildman–Crippen LogP) is 2.58. The minimum atomic E-state index is -4.58. The number of aromatic amines is 3. The van der Waals surface area contributed by atoms with E-state index >= 15 is 0 Å². The van der Waals surface area contributed by atoms with Gasteiger partial charge in [0, 0.05) is 85.7 Å². The zero-order valence-electron chi connectivity index (χ0n) is 46.5. The van der Waals surface area contributed by atoms with Crippen molar-refractivity contribution in [1.29, 1.82) is 0 Å². The number of halogens is 3. The first-order chi connectivity index (χ1) is 39.6. The van der Waals surface area contributed by atoms with Crippen LogP contribution in [0.25, 0.3) is 10.9 Å². The molecule has 0 saturated carbocycles. The zero-order valence-corrected chi connectivity index (χ0v) is 46.5. The van der Waals surface area contributed by atoms with Crippen molar-refractivity contribution in [2.45, 2.75) is 134 Å². The largest absolute Gasteiger partial charge is 0.416 e. The fourth-order valence-corrected chi connectivity index (χ4v) is 9.87. The molecule has 0 radical (unpaired) electrons. The Morgan fingerprint density at radius 3 is 1.90 bits per heavy atom. The highest BCUT2D eigenvalue weighted by atomic mass is 19.4. The number of likely N-dealkylation sites (tertiary alicyclic amines) is 1. The highest BCUT2D eigenvalue weighted by Crippen LogP contribution is 2.30. The van der Waals surface area contributed by atoms with Crippen molar-refractivity contribution < 1.29 is 51.5 Å². The lowest BCUT2D eigenvalue weighted by Gasteiger charge is -2.31. The number of aromatic nitrogens is 5. The van der Waals surface area contributed by atoms with Gasteiger partial charge in [-0.3, -0.25) is 38.4 Å². The van der Waals surface area contributed by atoms with E-state index in [0.717, 1.165) is 28.6 Å². The van der Waals surface area contributed by atoms with Gasteiger partial charge in [0.15, 0.2) is 0 Å². The topological polar surface area (TPSA) is 323 Å². The number of hydrogen-bond acceptors (Lipinski definition) is 11. The van der Waals surface area contributed by atoms with Crippen LogP contribution in [0.15, 0.2) is 110 Å². The van der Waals surface area contributed by atoms with Crippen molar-refractivity contribution in [2.75, 3.05) is 13.1 Å². The van der Waals surface area contributed by atoms with Gasteiger partial charge in [-0.25, -0.2) is 9.97 Å². The Labute approximate surface area is 477 Å². The lowest BCUT2D eigenvalue weighted by molar-refractivity contribution is -0.138. The number of benzene rings is 3. The Kier molecular flexibility index (Phi) is 21.4. The smallest absolute Gasteiger partial charge is 0.368 e. The van der Waals surface area contributed by atoms with Crippen LogP contribution in [0, 0.1) is 5.92 Å². The van der Waals surface area contributed by atoms with Gasteiger partial charge in [0.2, 0.25) is 47.3 Å². The number of nitrogens with two attached hydrogens (primary N) is 1. The number of amides is 8. The number of primary amides is 1. The summed E-state index contributed by atoms with van der Waals surface area (Å²) in [6.45, 7) is 6.82. The third-order valence-corrected chi connectivity index (χ3v) is 14.5. The molecule has 4 heterocycles. The quantitative estimate of drug-likeness (QED) is 0.0339. The molecule has 12 N–H and O–H groups in total. The monoisotopic (exact) mass is 1150 g/mol. The Hall–Kier alpha value is -8.87. The molecular weight excluding hydrogens is 1080 g/mol. The molecular formula is C58H71F3N14O8. The molecule has 1 aliphatic heterocycles. The predicted molar refractivity (Wildman–Crippen MR) is 300 cm³/mol. The number of alkyl halides is 3. The lowest BCUT2D eigenvalue weighted by Crippen LogP contribution is -2.60. The van der Waals surface area contributed by atoms with Crippen LogP contribution < -0.4 is 43.0 Å². The number of imidazole rings is 2. The number of rotatable bonds is 28. The molecule has 0 spiro atoms. The van der Waals surface area contributed by atoms with Crippen molar-refractivity contribution in [3.63, 3.8) is 0 Å². The average molecular weight is 1150 g/mol. The summed E-state index contributed by atoms with van der Waals surface area (Å²) in [5, 5.41) is 20.2. The number of carbonyl (C=O) groups excluding carboxylic acids is 8. The van der Waals surface area contributed by atoms with Gasteiger partial charge in [-0.15, -0.1) is 0 Å². The summed E-state index contributed by atoms with van der Waals surface area (Å²) in [6, 6.07) is 12.7. The minimum Gasteiger partial charge on any atom is -0.368 e. The van der Waals surface area contributed by atoms with Crippen molar-refractivity contribution in [2.24, 2.45) is 11.7 Å². The summed E-state index contributed by atoms with van der Waals surface area (Å²) in [6.07, 6.45) is 4.05. The molecule has 22 nitrogen and oxygen atoms in total. The molecule has 6 aromatic rings. The summed E-state index contributed by atoms with van der Waals surface area (Å²) in [7, 11) is 0. The number of nitrogens with one attached hydrogen (secondary N) is 10. The molecule has 0 aliphatic carbocycles. The first-order valence-corrected chi connectivity index (χ1v) is 27.5. The van der Waals surface area contributed by atoms with Crippen LogP contribution in [0.1, 0.15) is 80.6 Å². The van der Waals surface area contributed by atoms with Gasteiger partial charge in [0.05, 0.1) is 24.3 Å². The van der Waals surface area contributed by atoms with E-state index in [1.54, 1.807) is 31.0 Å². The maximum atomic E-state index is 14.4. The molecule has 8 atom stereocenters. The highest BCUT2D eigenvalue weighted by molar-refractivity contribution is 5.97. The Balaban J connectivity index is 0.987. The summed E-state index contributed by atoms with van der Waals surface area (Å²) in [5.74, 6) is -5.92. The van der Waals surface area contributed by atoms with Crippen molar-refractivity contribution >= 4 is 58.2 Å². The van der Waals surface area contributed by atoms with Crippen LogP contribution in [0.4, 0.5) is 13.2 Å². The first kappa shape index (κ1) is 61.7. The molecule has 0 unspecified atom stereocenters. The molecule has 442 valence electrons. The van der Waals surface area contributed by atoms with Gasteiger partial charge in [0.1, 0.15) is 36.3 Å². The van der Waals surface area contributed by atoms with Crippen LogP contribution in [-0.2, 0) is 76.6 Å². The van der Waals surface area contributed by atoms with E-state index in [4.69, 9.17) is 5.73 Å². The molecule has 1 fully saturated rings. The molecule has 0 bridgehead atoms. The normalized spacial score (nSPS) is 16.0. The van der Waals surface area contributed by atoms with Gasteiger partial charge in [-0.2, -0.15) is 13.2 Å². The van der Waals surface area contributed by atoms with Crippen LogP contribution in [-0.4, -0.2) is 139 Å². The molecule has 25 heteroatoms. The SMILES string of the molecule is CC(C)[C@H](NC(=O)[C@H](C)NC(=O)[C@H](Cc1c[nH]c2ccccc12)NC(=O)[C@H](Cc1cnc[nH]1)NC(=O)CCc1cccc(C(F)(F)F)c1)C(=O)N[C@H](C)C(=O)N[C@@H](Cc1cnc[nH]1)C(=O)N1CCC[C@@H]1CN[C@@H](Cc1ccccc1)C(N)=O. The van der Waals surface area contributed by atoms with Crippen LogP contribution in [0.5, 0.6) is 0 Å². The van der Waals surface area contributed by atoms with Gasteiger partial charge in [0.25, 0.3) is 0 Å². The summed E-state index contributed by atoms with van der Waals surface area (Å²) in [4.78, 5) is 129. The van der Waals surface area contributed by atoms with E-state index in [2.05, 4.69) is 62.1 Å². The second kappa shape index (κ2) is 28.7. The Morgan fingerprint density at radius 1 is 0.651 bits per heavy atom. The Bertz CT molecular complexity index is 3170. The standard InChI is InChI=1S/C58H71F3N14O8/c1-33(2)50(56(82)70-34(3)52(78)73-48(26-41-29-64-32-68-41)57(83)75-21-11-16-42(75)30-66-45(51(62)77)23-36-12-6-5-7-13-36)74-53(79)35(4)69-54(80)46(24-38-27-65-44-18-9-8-17-43(38)44)72-55(81)47(25-40-28-63-31-67-40)71-49(76)20-19-37-14-10-15-39(22-37)58(59,60)61/h5-10,12-15,17-18,22,27-29,31-35,42,45-48,50,65-66H,11,16,19-21,23-26,30H2,1-4H3,(H2,62,77)(H,63,67)(H,64,68)(H,69,80)(H,70,82)(H,71,76)(H,72,81)(H,73,78)(H,74,79)/t34-,35+,42-,45+,46+,47+,48+,50+/m1/s1. The third-order valence-electron chi connectivity index (χ3n) is 14.5. The van der Waals surface area contributed by atoms with Crippen molar-refractivity contribution in [1.82, 2.24) is 67.0 Å². The molecule has 8 amide bonds. The second-order valence-corrected chi connectivity index (χ2v) is 21.1. The first-order valence-electron chi connectivity index (χ1n) is 27.5. The summed E-state index contributed by atoms with van der Waals surface area (Å²) in [5.41, 5.74) is 8.45. The number of aryl methyl sites for hydroxylation is 1. The second-order valence-electron chi connectivity index (χ2n) is 21.1. The summed E-state index contributed by atoms with van der Waals surface area (Å²) < 4.78 is 40.2. The number of H-pyrrole nitrogens is 3. The van der Waals surface area contributed by atoms with E-state index < -0.39 is 101 Å².